The lowest BCUT2D eigenvalue weighted by Gasteiger charge is -2.19. The molecule has 94 valence electrons. The van der Waals surface area contributed by atoms with Gasteiger partial charge in [0.15, 0.2) is 0 Å². The van der Waals surface area contributed by atoms with Crippen molar-refractivity contribution in [1.82, 2.24) is 5.32 Å². The maximum Gasteiger partial charge on any atom is 0.0406 e. The zero-order valence-corrected chi connectivity index (χ0v) is 11.3. The monoisotopic (exact) mass is 251 g/mol. The second-order valence-corrected chi connectivity index (χ2v) is 5.64. The van der Waals surface area contributed by atoms with Crippen molar-refractivity contribution in [2.24, 2.45) is 5.92 Å². The van der Waals surface area contributed by atoms with Gasteiger partial charge in [0, 0.05) is 11.1 Å². The summed E-state index contributed by atoms with van der Waals surface area (Å²) in [5, 5.41) is 4.28. The van der Waals surface area contributed by atoms with Gasteiger partial charge in [0.25, 0.3) is 0 Å². The van der Waals surface area contributed by atoms with Gasteiger partial charge >= 0.3 is 0 Å². The van der Waals surface area contributed by atoms with Crippen LogP contribution in [0.5, 0.6) is 0 Å². The molecule has 1 saturated carbocycles. The summed E-state index contributed by atoms with van der Waals surface area (Å²) in [7, 11) is 2.09. The summed E-state index contributed by atoms with van der Waals surface area (Å²) in [6.45, 7) is 0. The van der Waals surface area contributed by atoms with E-state index in [0.29, 0.717) is 0 Å². The Kier molecular flexibility index (Phi) is 4.87. The normalized spacial score (nSPS) is 25.5. The zero-order valence-electron chi connectivity index (χ0n) is 10.6. The second-order valence-electron chi connectivity index (χ2n) is 5.20. The summed E-state index contributed by atoms with van der Waals surface area (Å²) in [5.74, 6) is 0.830. The van der Waals surface area contributed by atoms with Crippen molar-refractivity contribution < 1.29 is 0 Å². The summed E-state index contributed by atoms with van der Waals surface area (Å²) in [6.07, 6.45) is 8.00. The van der Waals surface area contributed by atoms with E-state index in [1.165, 1.54) is 44.1 Å². The molecular formula is C15H22ClN. The van der Waals surface area contributed by atoms with E-state index in [0.717, 1.165) is 17.0 Å². The molecule has 0 amide bonds. The van der Waals surface area contributed by atoms with Gasteiger partial charge < -0.3 is 5.32 Å². The van der Waals surface area contributed by atoms with Crippen molar-refractivity contribution in [3.8, 4) is 0 Å². The third kappa shape index (κ3) is 4.01. The number of benzene rings is 1. The highest BCUT2D eigenvalue weighted by Gasteiger charge is 2.19. The standard InChI is InChI=1S/C15H22ClN/c1-17-15-5-3-2-4-13(11-15)10-12-6-8-14(16)9-7-12/h6-9,13,15,17H,2-5,10-11H2,1H3. The average molecular weight is 252 g/mol. The van der Waals surface area contributed by atoms with Gasteiger partial charge in [-0.05, 0) is 49.9 Å². The first-order chi connectivity index (χ1) is 8.28. The predicted octanol–water partition coefficient (Wildman–Crippen LogP) is 4.05. The number of rotatable bonds is 3. The third-order valence-corrected chi connectivity index (χ3v) is 4.13. The summed E-state index contributed by atoms with van der Waals surface area (Å²) in [4.78, 5) is 0. The Morgan fingerprint density at radius 2 is 1.88 bits per heavy atom. The SMILES string of the molecule is CNC1CCCCC(Cc2ccc(Cl)cc2)C1. The van der Waals surface area contributed by atoms with Crippen LogP contribution in [0.3, 0.4) is 0 Å². The molecule has 0 bridgehead atoms. The molecule has 1 aliphatic carbocycles. The van der Waals surface area contributed by atoms with Crippen LogP contribution in [0.4, 0.5) is 0 Å². The van der Waals surface area contributed by atoms with Gasteiger partial charge in [-0.25, -0.2) is 0 Å². The molecule has 17 heavy (non-hydrogen) atoms. The molecular weight excluding hydrogens is 230 g/mol. The highest BCUT2D eigenvalue weighted by atomic mass is 35.5. The predicted molar refractivity (Wildman–Crippen MR) is 74.6 cm³/mol. The van der Waals surface area contributed by atoms with Crippen LogP contribution in [0, 0.1) is 5.92 Å². The van der Waals surface area contributed by atoms with E-state index >= 15 is 0 Å². The minimum absolute atomic E-state index is 0.717. The van der Waals surface area contributed by atoms with Gasteiger partial charge in [-0.3, -0.25) is 0 Å². The Balaban J connectivity index is 1.94. The third-order valence-electron chi connectivity index (χ3n) is 3.88. The molecule has 1 fully saturated rings. The van der Waals surface area contributed by atoms with Crippen molar-refractivity contribution in [3.05, 3.63) is 34.9 Å². The minimum atomic E-state index is 0.717. The first-order valence-electron chi connectivity index (χ1n) is 6.69. The molecule has 1 aromatic carbocycles. The van der Waals surface area contributed by atoms with E-state index in [2.05, 4.69) is 24.5 Å². The van der Waals surface area contributed by atoms with Crippen LogP contribution in [0.25, 0.3) is 0 Å². The van der Waals surface area contributed by atoms with Crippen molar-refractivity contribution in [1.29, 1.82) is 0 Å². The Hall–Kier alpha value is -0.530. The Bertz CT molecular complexity index is 333. The van der Waals surface area contributed by atoms with Crippen LogP contribution >= 0.6 is 11.6 Å². The molecule has 2 rings (SSSR count). The fourth-order valence-electron chi connectivity index (χ4n) is 2.86. The maximum absolute atomic E-state index is 5.92. The van der Waals surface area contributed by atoms with Crippen LogP contribution in [0.15, 0.2) is 24.3 Å². The van der Waals surface area contributed by atoms with E-state index in [9.17, 15) is 0 Å². The van der Waals surface area contributed by atoms with Crippen molar-refractivity contribution in [3.63, 3.8) is 0 Å². The number of hydrogen-bond donors (Lipinski definition) is 1. The van der Waals surface area contributed by atoms with Crippen LogP contribution in [-0.4, -0.2) is 13.1 Å². The van der Waals surface area contributed by atoms with Crippen LogP contribution in [-0.2, 0) is 6.42 Å². The van der Waals surface area contributed by atoms with Crippen LogP contribution in [0.2, 0.25) is 5.02 Å². The second kappa shape index (κ2) is 6.42. The molecule has 2 heteroatoms. The smallest absolute Gasteiger partial charge is 0.0406 e. The molecule has 1 N–H and O–H groups in total. The average Bonchev–Trinajstić information content (AvgIpc) is 2.57. The first-order valence-corrected chi connectivity index (χ1v) is 7.07. The molecule has 0 saturated heterocycles. The van der Waals surface area contributed by atoms with Crippen molar-refractivity contribution in [2.75, 3.05) is 7.05 Å². The molecule has 0 heterocycles. The molecule has 1 aromatic rings. The Labute approximate surface area is 110 Å². The maximum atomic E-state index is 5.92. The van der Waals surface area contributed by atoms with Gasteiger partial charge in [-0.15, -0.1) is 0 Å². The lowest BCUT2D eigenvalue weighted by molar-refractivity contribution is 0.400. The summed E-state index contributed by atoms with van der Waals surface area (Å²) >= 11 is 5.92. The molecule has 0 radical (unpaired) electrons. The largest absolute Gasteiger partial charge is 0.317 e. The fraction of sp³-hybridized carbons (Fsp3) is 0.600. The van der Waals surface area contributed by atoms with Gasteiger partial charge in [0.1, 0.15) is 0 Å². The van der Waals surface area contributed by atoms with Crippen molar-refractivity contribution in [2.45, 2.75) is 44.6 Å². The quantitative estimate of drug-likeness (QED) is 0.800. The molecule has 2 unspecified atom stereocenters. The summed E-state index contributed by atoms with van der Waals surface area (Å²) in [6, 6.07) is 9.06. The summed E-state index contributed by atoms with van der Waals surface area (Å²) in [5.41, 5.74) is 1.43. The minimum Gasteiger partial charge on any atom is -0.317 e. The van der Waals surface area contributed by atoms with Crippen LogP contribution < -0.4 is 5.32 Å². The highest BCUT2D eigenvalue weighted by molar-refractivity contribution is 6.30. The lowest BCUT2D eigenvalue weighted by Crippen LogP contribution is -2.26. The van der Waals surface area contributed by atoms with Crippen LogP contribution in [0.1, 0.15) is 37.7 Å². The topological polar surface area (TPSA) is 12.0 Å². The number of hydrogen-bond acceptors (Lipinski definition) is 1. The van der Waals surface area contributed by atoms with E-state index in [4.69, 9.17) is 11.6 Å². The molecule has 1 aliphatic rings. The first kappa shape index (κ1) is 12.9. The number of nitrogens with one attached hydrogen (secondary N) is 1. The molecule has 1 nitrogen and oxygen atoms in total. The Morgan fingerprint density at radius 3 is 2.59 bits per heavy atom. The highest BCUT2D eigenvalue weighted by Crippen LogP contribution is 2.26. The summed E-state index contributed by atoms with van der Waals surface area (Å²) < 4.78 is 0. The lowest BCUT2D eigenvalue weighted by atomic mass is 9.91. The number of halogens is 1. The molecule has 2 atom stereocenters. The molecule has 0 aromatic heterocycles. The van der Waals surface area contributed by atoms with Gasteiger partial charge in [-0.2, -0.15) is 0 Å². The van der Waals surface area contributed by atoms with E-state index in [-0.39, 0.29) is 0 Å². The van der Waals surface area contributed by atoms with E-state index < -0.39 is 0 Å². The van der Waals surface area contributed by atoms with Gasteiger partial charge in [-0.1, -0.05) is 43.0 Å². The van der Waals surface area contributed by atoms with Gasteiger partial charge in [0.2, 0.25) is 0 Å². The van der Waals surface area contributed by atoms with E-state index in [1.54, 1.807) is 0 Å². The van der Waals surface area contributed by atoms with E-state index in [1.807, 2.05) is 12.1 Å². The fourth-order valence-corrected chi connectivity index (χ4v) is 2.99. The molecule has 0 spiro atoms. The zero-order chi connectivity index (χ0) is 12.1. The van der Waals surface area contributed by atoms with Gasteiger partial charge in [0.05, 0.1) is 0 Å². The molecule has 0 aliphatic heterocycles. The van der Waals surface area contributed by atoms with Crippen molar-refractivity contribution >= 4 is 11.6 Å². The Morgan fingerprint density at radius 1 is 1.18 bits per heavy atom.